The lowest BCUT2D eigenvalue weighted by molar-refractivity contribution is 0.0924. The molecular formula is C15H23N5O. The van der Waals surface area contributed by atoms with Crippen molar-refractivity contribution in [3.05, 3.63) is 18.1 Å². The number of carbonyl (C=O) groups is 1. The van der Waals surface area contributed by atoms with Gasteiger partial charge in [0.2, 0.25) is 0 Å². The van der Waals surface area contributed by atoms with Crippen LogP contribution in [0.25, 0.3) is 0 Å². The van der Waals surface area contributed by atoms with Crippen molar-refractivity contribution in [2.24, 2.45) is 0 Å². The monoisotopic (exact) mass is 289 g/mol. The average molecular weight is 289 g/mol. The van der Waals surface area contributed by atoms with E-state index in [2.05, 4.69) is 32.4 Å². The van der Waals surface area contributed by atoms with Crippen molar-refractivity contribution >= 4 is 11.7 Å². The Bertz CT molecular complexity index is 507. The second kappa shape index (κ2) is 6.39. The number of aromatic nitrogens is 2. The van der Waals surface area contributed by atoms with Crippen LogP contribution >= 0.6 is 0 Å². The van der Waals surface area contributed by atoms with Crippen molar-refractivity contribution in [2.45, 2.75) is 44.7 Å². The molecule has 1 aromatic heterocycles. The molecule has 0 radical (unpaired) electrons. The fourth-order valence-electron chi connectivity index (χ4n) is 3.31. The number of nitrogens with zero attached hydrogens (tertiary/aromatic N) is 3. The number of hydrogen-bond donors (Lipinski definition) is 2. The van der Waals surface area contributed by atoms with E-state index in [0.29, 0.717) is 17.6 Å². The molecule has 3 rings (SSSR count). The maximum Gasteiger partial charge on any atom is 0.271 e. The Morgan fingerprint density at radius 1 is 1.38 bits per heavy atom. The summed E-state index contributed by atoms with van der Waals surface area (Å²) in [5.74, 6) is 0.555. The number of carbonyl (C=O) groups excluding carboxylic acids is 1. The van der Waals surface area contributed by atoms with E-state index < -0.39 is 0 Å². The molecule has 0 spiro atoms. The summed E-state index contributed by atoms with van der Waals surface area (Å²) in [4.78, 5) is 23.3. The van der Waals surface area contributed by atoms with E-state index in [4.69, 9.17) is 0 Å². The average Bonchev–Trinajstić information content (AvgIpc) is 3.10. The zero-order chi connectivity index (χ0) is 14.7. The molecule has 0 saturated carbocycles. The number of rotatable bonds is 5. The first kappa shape index (κ1) is 14.3. The number of nitrogens with one attached hydrogen (secondary N) is 2. The Labute approximate surface area is 125 Å². The predicted octanol–water partition coefficient (Wildman–Crippen LogP) is 1.26. The standard InChI is InChI=1S/C15H23N5O/c1-2-6-17-14-10-16-9-12(18-14)15(21)19-11-5-8-20-7-3-4-13(11)20/h9-11,13H,2-8H2,1H3,(H,17,18)(H,19,21). The summed E-state index contributed by atoms with van der Waals surface area (Å²) >= 11 is 0. The minimum atomic E-state index is -0.110. The Morgan fingerprint density at radius 2 is 2.29 bits per heavy atom. The molecular weight excluding hydrogens is 266 g/mol. The molecule has 1 aromatic rings. The van der Waals surface area contributed by atoms with Crippen LogP contribution in [-0.2, 0) is 0 Å². The summed E-state index contributed by atoms with van der Waals surface area (Å²) in [6, 6.07) is 0.775. The van der Waals surface area contributed by atoms with Crippen LogP contribution in [0.2, 0.25) is 0 Å². The van der Waals surface area contributed by atoms with Gasteiger partial charge < -0.3 is 10.6 Å². The maximum atomic E-state index is 12.4. The van der Waals surface area contributed by atoms with Crippen molar-refractivity contribution in [3.8, 4) is 0 Å². The minimum Gasteiger partial charge on any atom is -0.369 e. The van der Waals surface area contributed by atoms with Gasteiger partial charge in [-0.3, -0.25) is 14.7 Å². The van der Waals surface area contributed by atoms with E-state index in [-0.39, 0.29) is 11.9 Å². The molecule has 114 valence electrons. The molecule has 6 heteroatoms. The van der Waals surface area contributed by atoms with Crippen molar-refractivity contribution in [3.63, 3.8) is 0 Å². The lowest BCUT2D eigenvalue weighted by Crippen LogP contribution is -2.42. The first-order valence-electron chi connectivity index (χ1n) is 7.88. The zero-order valence-electron chi connectivity index (χ0n) is 12.5. The van der Waals surface area contributed by atoms with Gasteiger partial charge in [-0.25, -0.2) is 4.98 Å². The van der Waals surface area contributed by atoms with Gasteiger partial charge in [-0.05, 0) is 32.2 Å². The smallest absolute Gasteiger partial charge is 0.271 e. The highest BCUT2D eigenvalue weighted by Gasteiger charge is 2.37. The van der Waals surface area contributed by atoms with E-state index >= 15 is 0 Å². The van der Waals surface area contributed by atoms with Crippen LogP contribution in [0.5, 0.6) is 0 Å². The van der Waals surface area contributed by atoms with Crippen LogP contribution in [0.15, 0.2) is 12.4 Å². The Balaban J connectivity index is 1.62. The predicted molar refractivity (Wildman–Crippen MR) is 81.3 cm³/mol. The maximum absolute atomic E-state index is 12.4. The highest BCUT2D eigenvalue weighted by molar-refractivity contribution is 5.92. The normalized spacial score (nSPS) is 24.8. The molecule has 21 heavy (non-hydrogen) atoms. The third-order valence-electron chi connectivity index (χ3n) is 4.35. The number of fused-ring (bicyclic) bond motifs is 1. The molecule has 0 aromatic carbocycles. The van der Waals surface area contributed by atoms with Crippen LogP contribution in [-0.4, -0.2) is 52.5 Å². The van der Waals surface area contributed by atoms with Gasteiger partial charge in [0.15, 0.2) is 0 Å². The SMILES string of the molecule is CCCNc1cncc(C(=O)NC2CCN3CCCC23)n1. The molecule has 2 N–H and O–H groups in total. The second-order valence-electron chi connectivity index (χ2n) is 5.83. The van der Waals surface area contributed by atoms with Gasteiger partial charge in [-0.1, -0.05) is 6.92 Å². The highest BCUT2D eigenvalue weighted by atomic mass is 16.2. The van der Waals surface area contributed by atoms with Gasteiger partial charge >= 0.3 is 0 Å². The summed E-state index contributed by atoms with van der Waals surface area (Å²) < 4.78 is 0. The fraction of sp³-hybridized carbons (Fsp3) is 0.667. The molecule has 2 atom stereocenters. The Kier molecular flexibility index (Phi) is 4.34. The topological polar surface area (TPSA) is 70.2 Å². The van der Waals surface area contributed by atoms with Crippen LogP contribution in [0.3, 0.4) is 0 Å². The number of hydrogen-bond acceptors (Lipinski definition) is 5. The Hall–Kier alpha value is -1.69. The molecule has 3 heterocycles. The quantitative estimate of drug-likeness (QED) is 0.854. The van der Waals surface area contributed by atoms with Crippen molar-refractivity contribution < 1.29 is 4.79 Å². The molecule has 2 fully saturated rings. The third kappa shape index (κ3) is 3.15. The van der Waals surface area contributed by atoms with Gasteiger partial charge in [0.25, 0.3) is 5.91 Å². The molecule has 2 aliphatic rings. The van der Waals surface area contributed by atoms with Crippen LogP contribution in [0.4, 0.5) is 5.82 Å². The number of amides is 1. The van der Waals surface area contributed by atoms with Gasteiger partial charge in [-0.15, -0.1) is 0 Å². The van der Waals surface area contributed by atoms with E-state index in [0.717, 1.165) is 25.9 Å². The van der Waals surface area contributed by atoms with E-state index in [9.17, 15) is 4.79 Å². The molecule has 2 unspecified atom stereocenters. The summed E-state index contributed by atoms with van der Waals surface area (Å²) in [7, 11) is 0. The minimum absolute atomic E-state index is 0.110. The molecule has 2 aliphatic heterocycles. The lowest BCUT2D eigenvalue weighted by atomic mass is 10.1. The van der Waals surface area contributed by atoms with E-state index in [1.165, 1.54) is 25.6 Å². The van der Waals surface area contributed by atoms with Crippen LogP contribution in [0, 0.1) is 0 Å². The van der Waals surface area contributed by atoms with Crippen molar-refractivity contribution in [1.29, 1.82) is 0 Å². The summed E-state index contributed by atoms with van der Waals surface area (Å²) in [5, 5.41) is 6.30. The van der Waals surface area contributed by atoms with Crippen LogP contribution in [0.1, 0.15) is 43.1 Å². The first-order chi connectivity index (χ1) is 10.3. The van der Waals surface area contributed by atoms with Gasteiger partial charge in [0, 0.05) is 25.2 Å². The molecule has 0 bridgehead atoms. The van der Waals surface area contributed by atoms with Crippen molar-refractivity contribution in [1.82, 2.24) is 20.2 Å². The zero-order valence-corrected chi connectivity index (χ0v) is 12.5. The van der Waals surface area contributed by atoms with Crippen LogP contribution < -0.4 is 10.6 Å². The second-order valence-corrected chi connectivity index (χ2v) is 5.83. The van der Waals surface area contributed by atoms with E-state index in [1.807, 2.05) is 0 Å². The van der Waals surface area contributed by atoms with E-state index in [1.54, 1.807) is 6.20 Å². The summed E-state index contributed by atoms with van der Waals surface area (Å²) in [6.45, 7) is 5.19. The van der Waals surface area contributed by atoms with Crippen molar-refractivity contribution in [2.75, 3.05) is 25.0 Å². The highest BCUT2D eigenvalue weighted by Crippen LogP contribution is 2.27. The van der Waals surface area contributed by atoms with Gasteiger partial charge in [-0.2, -0.15) is 0 Å². The van der Waals surface area contributed by atoms with Gasteiger partial charge in [0.05, 0.1) is 12.4 Å². The number of anilines is 1. The molecule has 2 saturated heterocycles. The third-order valence-corrected chi connectivity index (χ3v) is 4.35. The fourth-order valence-corrected chi connectivity index (χ4v) is 3.31. The Morgan fingerprint density at radius 3 is 3.14 bits per heavy atom. The lowest BCUT2D eigenvalue weighted by Gasteiger charge is -2.21. The summed E-state index contributed by atoms with van der Waals surface area (Å²) in [5.41, 5.74) is 0.396. The molecule has 1 amide bonds. The first-order valence-corrected chi connectivity index (χ1v) is 7.88. The molecule has 6 nitrogen and oxygen atoms in total. The molecule has 0 aliphatic carbocycles. The largest absolute Gasteiger partial charge is 0.369 e. The summed E-state index contributed by atoms with van der Waals surface area (Å²) in [6.07, 6.45) is 7.67. The van der Waals surface area contributed by atoms with Gasteiger partial charge in [0.1, 0.15) is 11.5 Å².